The van der Waals surface area contributed by atoms with Crippen molar-refractivity contribution in [2.24, 2.45) is 0 Å². The van der Waals surface area contributed by atoms with Gasteiger partial charge in [-0.3, -0.25) is 9.59 Å². The molecule has 0 radical (unpaired) electrons. The van der Waals surface area contributed by atoms with Crippen LogP contribution in [-0.4, -0.2) is 48.6 Å². The molecule has 2 heterocycles. The minimum atomic E-state index is -0.454. The monoisotopic (exact) mass is 282 g/mol. The molecule has 2 rings (SSSR count). The Morgan fingerprint density at radius 3 is 2.75 bits per heavy atom. The van der Waals surface area contributed by atoms with Gasteiger partial charge < -0.3 is 15.0 Å². The minimum absolute atomic E-state index is 0.00394. The minimum Gasteiger partial charge on any atom is -0.469 e. The first-order valence-electron chi connectivity index (χ1n) is 7.70. The lowest BCUT2D eigenvalue weighted by molar-refractivity contribution is -0.147. The Kier molecular flexibility index (Phi) is 5.02. The van der Waals surface area contributed by atoms with Crippen molar-refractivity contribution in [3.63, 3.8) is 0 Å². The molecule has 5 nitrogen and oxygen atoms in total. The van der Waals surface area contributed by atoms with Crippen molar-refractivity contribution in [3.05, 3.63) is 0 Å². The van der Waals surface area contributed by atoms with Gasteiger partial charge in [0, 0.05) is 12.6 Å². The van der Waals surface area contributed by atoms with E-state index in [4.69, 9.17) is 4.74 Å². The van der Waals surface area contributed by atoms with Gasteiger partial charge in [0.25, 0.3) is 0 Å². The summed E-state index contributed by atoms with van der Waals surface area (Å²) in [4.78, 5) is 26.3. The number of nitrogens with zero attached hydrogens (tertiary/aromatic N) is 1. The Morgan fingerprint density at radius 1 is 1.30 bits per heavy atom. The van der Waals surface area contributed by atoms with E-state index in [1.54, 1.807) is 0 Å². The smallest absolute Gasteiger partial charge is 0.307 e. The lowest BCUT2D eigenvalue weighted by Gasteiger charge is -2.43. The SMILES string of the molecule is COC(=O)CC1CCCCN1C(=O)C1(C)CCCCN1. The topological polar surface area (TPSA) is 58.6 Å². The number of methoxy groups -OCH3 is 1. The third-order valence-electron chi connectivity index (χ3n) is 4.61. The van der Waals surface area contributed by atoms with E-state index in [0.29, 0.717) is 6.42 Å². The summed E-state index contributed by atoms with van der Waals surface area (Å²) >= 11 is 0. The molecule has 2 saturated heterocycles. The molecule has 1 amide bonds. The van der Waals surface area contributed by atoms with Gasteiger partial charge in [-0.15, -0.1) is 0 Å². The second-order valence-electron chi connectivity index (χ2n) is 6.14. The van der Waals surface area contributed by atoms with Crippen molar-refractivity contribution in [1.29, 1.82) is 0 Å². The quantitative estimate of drug-likeness (QED) is 0.796. The summed E-state index contributed by atoms with van der Waals surface area (Å²) in [6.07, 6.45) is 6.43. The molecule has 0 aromatic carbocycles. The molecule has 0 aromatic rings. The first kappa shape index (κ1) is 15.3. The van der Waals surface area contributed by atoms with Gasteiger partial charge >= 0.3 is 5.97 Å². The number of nitrogens with one attached hydrogen (secondary N) is 1. The fourth-order valence-corrected chi connectivity index (χ4v) is 3.31. The molecule has 2 unspecified atom stereocenters. The number of rotatable bonds is 3. The molecule has 1 N–H and O–H groups in total. The number of carbonyl (C=O) groups is 2. The van der Waals surface area contributed by atoms with Crippen LogP contribution in [-0.2, 0) is 14.3 Å². The van der Waals surface area contributed by atoms with E-state index in [1.807, 2.05) is 11.8 Å². The lowest BCUT2D eigenvalue weighted by Crippen LogP contribution is -2.61. The van der Waals surface area contributed by atoms with Crippen LogP contribution in [0.15, 0.2) is 0 Å². The van der Waals surface area contributed by atoms with Crippen LogP contribution in [0.5, 0.6) is 0 Å². The molecule has 2 atom stereocenters. The predicted molar refractivity (Wildman–Crippen MR) is 76.2 cm³/mol. The molecule has 0 aliphatic carbocycles. The summed E-state index contributed by atoms with van der Waals surface area (Å²) in [5, 5.41) is 3.37. The van der Waals surface area contributed by atoms with Gasteiger partial charge in [0.15, 0.2) is 0 Å². The maximum absolute atomic E-state index is 12.9. The van der Waals surface area contributed by atoms with Crippen molar-refractivity contribution in [1.82, 2.24) is 10.2 Å². The second kappa shape index (κ2) is 6.57. The zero-order chi connectivity index (χ0) is 14.6. The number of hydrogen-bond acceptors (Lipinski definition) is 4. The van der Waals surface area contributed by atoms with Gasteiger partial charge in [0.05, 0.1) is 19.1 Å². The number of piperidine rings is 2. The molecule has 0 aromatic heterocycles. The van der Waals surface area contributed by atoms with Crippen LogP contribution >= 0.6 is 0 Å². The van der Waals surface area contributed by atoms with Crippen LogP contribution in [0.4, 0.5) is 0 Å². The molecule has 0 bridgehead atoms. The third kappa shape index (κ3) is 3.32. The summed E-state index contributed by atoms with van der Waals surface area (Å²) < 4.78 is 4.76. The normalized spacial score (nSPS) is 30.9. The van der Waals surface area contributed by atoms with Gasteiger partial charge in [-0.25, -0.2) is 0 Å². The van der Waals surface area contributed by atoms with Crippen molar-refractivity contribution >= 4 is 11.9 Å². The summed E-state index contributed by atoms with van der Waals surface area (Å²) in [6, 6.07) is 0.00394. The van der Waals surface area contributed by atoms with Crippen LogP contribution in [0.25, 0.3) is 0 Å². The predicted octanol–water partition coefficient (Wildman–Crippen LogP) is 1.46. The third-order valence-corrected chi connectivity index (χ3v) is 4.61. The van der Waals surface area contributed by atoms with E-state index in [-0.39, 0.29) is 17.9 Å². The molecule has 2 fully saturated rings. The number of likely N-dealkylation sites (tertiary alicyclic amines) is 1. The second-order valence-corrected chi connectivity index (χ2v) is 6.14. The van der Waals surface area contributed by atoms with Gasteiger partial charge in [0.1, 0.15) is 0 Å². The molecule has 5 heteroatoms. The van der Waals surface area contributed by atoms with Crippen LogP contribution < -0.4 is 5.32 Å². The molecular formula is C15H26N2O3. The summed E-state index contributed by atoms with van der Waals surface area (Å²) in [5.74, 6) is -0.0674. The number of ether oxygens (including phenoxy) is 1. The van der Waals surface area contributed by atoms with Crippen molar-refractivity contribution in [2.75, 3.05) is 20.2 Å². The van der Waals surface area contributed by atoms with Gasteiger partial charge in [-0.2, -0.15) is 0 Å². The summed E-state index contributed by atoms with van der Waals surface area (Å²) in [5.41, 5.74) is -0.454. The first-order chi connectivity index (χ1) is 9.57. The zero-order valence-electron chi connectivity index (χ0n) is 12.6. The lowest BCUT2D eigenvalue weighted by atomic mass is 9.87. The molecule has 0 saturated carbocycles. The maximum atomic E-state index is 12.9. The van der Waals surface area contributed by atoms with Crippen molar-refractivity contribution < 1.29 is 14.3 Å². The van der Waals surface area contributed by atoms with E-state index >= 15 is 0 Å². The van der Waals surface area contributed by atoms with E-state index < -0.39 is 5.54 Å². The Bertz CT molecular complexity index is 364. The highest BCUT2D eigenvalue weighted by Gasteiger charge is 2.40. The molecule has 2 aliphatic heterocycles. The first-order valence-corrected chi connectivity index (χ1v) is 7.70. The van der Waals surface area contributed by atoms with Crippen LogP contribution in [0.2, 0.25) is 0 Å². The average Bonchev–Trinajstić information content (AvgIpc) is 2.47. The fourth-order valence-electron chi connectivity index (χ4n) is 3.31. The Morgan fingerprint density at radius 2 is 2.10 bits per heavy atom. The largest absolute Gasteiger partial charge is 0.469 e. The maximum Gasteiger partial charge on any atom is 0.307 e. The average molecular weight is 282 g/mol. The summed E-state index contributed by atoms with van der Waals surface area (Å²) in [7, 11) is 1.40. The highest BCUT2D eigenvalue weighted by molar-refractivity contribution is 5.87. The van der Waals surface area contributed by atoms with Crippen LogP contribution in [0, 0.1) is 0 Å². The van der Waals surface area contributed by atoms with Crippen molar-refractivity contribution in [2.45, 2.75) is 63.5 Å². The van der Waals surface area contributed by atoms with Crippen LogP contribution in [0.1, 0.15) is 51.9 Å². The van der Waals surface area contributed by atoms with E-state index in [0.717, 1.165) is 51.6 Å². The van der Waals surface area contributed by atoms with Gasteiger partial charge in [-0.1, -0.05) is 0 Å². The number of esters is 1. The van der Waals surface area contributed by atoms with Gasteiger partial charge in [0.2, 0.25) is 5.91 Å². The van der Waals surface area contributed by atoms with Crippen molar-refractivity contribution in [3.8, 4) is 0 Å². The molecule has 2 aliphatic rings. The Balaban J connectivity index is 2.06. The molecule has 114 valence electrons. The highest BCUT2D eigenvalue weighted by atomic mass is 16.5. The number of hydrogen-bond donors (Lipinski definition) is 1. The standard InChI is InChI=1S/C15H26N2O3/c1-15(8-4-5-9-16-15)14(19)17-10-6-3-7-12(17)11-13(18)20-2/h12,16H,3-11H2,1-2H3. The number of amides is 1. The van der Waals surface area contributed by atoms with E-state index in [9.17, 15) is 9.59 Å². The number of carbonyl (C=O) groups excluding carboxylic acids is 2. The highest BCUT2D eigenvalue weighted by Crippen LogP contribution is 2.27. The summed E-state index contributed by atoms with van der Waals surface area (Å²) in [6.45, 7) is 3.66. The fraction of sp³-hybridized carbons (Fsp3) is 0.867. The van der Waals surface area contributed by atoms with E-state index in [2.05, 4.69) is 5.32 Å². The molecular weight excluding hydrogens is 256 g/mol. The Hall–Kier alpha value is -1.10. The Labute approximate surface area is 121 Å². The van der Waals surface area contributed by atoms with E-state index in [1.165, 1.54) is 7.11 Å². The van der Waals surface area contributed by atoms with Crippen LogP contribution in [0.3, 0.4) is 0 Å². The zero-order valence-corrected chi connectivity index (χ0v) is 12.6. The molecule has 20 heavy (non-hydrogen) atoms. The van der Waals surface area contributed by atoms with Gasteiger partial charge in [-0.05, 0) is 52.0 Å². The molecule has 0 spiro atoms.